The number of carbonyl (C=O) groups excluding carboxylic acids is 3. The van der Waals surface area contributed by atoms with E-state index in [4.69, 9.17) is 4.74 Å². The lowest BCUT2D eigenvalue weighted by atomic mass is 9.91. The summed E-state index contributed by atoms with van der Waals surface area (Å²) in [5.74, 6) is -1.29. The summed E-state index contributed by atoms with van der Waals surface area (Å²) in [6.07, 6.45) is 1.99. The number of phenolic OH excluding ortho intramolecular Hbond substituents is 1. The van der Waals surface area contributed by atoms with Gasteiger partial charge in [-0.3, -0.25) is 9.59 Å². The van der Waals surface area contributed by atoms with Crippen LogP contribution in [-0.4, -0.2) is 40.5 Å². The second kappa shape index (κ2) is 14.2. The molecule has 0 saturated heterocycles. The molecular formula is C30H33NO5S. The Morgan fingerprint density at radius 1 is 0.838 bits per heavy atom. The highest BCUT2D eigenvalue weighted by Crippen LogP contribution is 2.29. The van der Waals surface area contributed by atoms with E-state index < -0.39 is 17.9 Å². The molecule has 0 aliphatic carbocycles. The maximum absolute atomic E-state index is 13.8. The number of benzene rings is 3. The molecule has 37 heavy (non-hydrogen) atoms. The highest BCUT2D eigenvalue weighted by Gasteiger charge is 2.33. The van der Waals surface area contributed by atoms with Crippen LogP contribution in [0.2, 0.25) is 0 Å². The zero-order chi connectivity index (χ0) is 26.6. The van der Waals surface area contributed by atoms with Crippen LogP contribution in [0, 0.1) is 5.92 Å². The SMILES string of the molecule is COC(=O)[C@H](Cc1ccc(O)cc1)NC(=O)C(Cc1ccccc1)C(CCc1ccccc1)SC(C)=O. The molecule has 0 aromatic heterocycles. The number of hydrogen-bond acceptors (Lipinski definition) is 6. The molecule has 2 N–H and O–H groups in total. The van der Waals surface area contributed by atoms with Crippen molar-refractivity contribution in [2.45, 2.75) is 43.9 Å². The summed E-state index contributed by atoms with van der Waals surface area (Å²) in [6.45, 7) is 1.51. The van der Waals surface area contributed by atoms with E-state index in [1.165, 1.54) is 37.9 Å². The van der Waals surface area contributed by atoms with Gasteiger partial charge in [-0.2, -0.15) is 0 Å². The van der Waals surface area contributed by atoms with Gasteiger partial charge in [0, 0.05) is 18.6 Å². The Bertz CT molecular complexity index is 1150. The fraction of sp³-hybridized carbons (Fsp3) is 0.300. The quantitative estimate of drug-likeness (QED) is 0.336. The van der Waals surface area contributed by atoms with Gasteiger partial charge in [-0.05, 0) is 48.1 Å². The van der Waals surface area contributed by atoms with Gasteiger partial charge in [0.1, 0.15) is 11.8 Å². The van der Waals surface area contributed by atoms with E-state index in [9.17, 15) is 19.5 Å². The molecule has 3 atom stereocenters. The zero-order valence-electron chi connectivity index (χ0n) is 21.1. The van der Waals surface area contributed by atoms with Crippen LogP contribution < -0.4 is 5.32 Å². The number of nitrogens with one attached hydrogen (secondary N) is 1. The summed E-state index contributed by atoms with van der Waals surface area (Å²) in [4.78, 5) is 38.6. The smallest absolute Gasteiger partial charge is 0.328 e. The standard InChI is InChI=1S/C30H33NO5S/c1-21(32)37-28(18-15-22-9-5-3-6-10-22)26(19-23-11-7-4-8-12-23)29(34)31-27(30(35)36-2)20-24-13-16-25(33)17-14-24/h3-14,16-17,26-28,33H,15,18-20H2,1-2H3,(H,31,34)/t26?,27-,28?/m0/s1. The molecule has 1 amide bonds. The molecule has 0 bridgehead atoms. The number of phenols is 1. The molecule has 0 heterocycles. The number of thioether (sulfide) groups is 1. The average molecular weight is 520 g/mol. The Labute approximate surface area is 222 Å². The summed E-state index contributed by atoms with van der Waals surface area (Å²) in [6, 6.07) is 25.2. The molecule has 0 radical (unpaired) electrons. The number of rotatable bonds is 12. The Kier molecular flexibility index (Phi) is 10.8. The number of aromatic hydroxyl groups is 1. The van der Waals surface area contributed by atoms with Gasteiger partial charge in [0.05, 0.1) is 13.0 Å². The molecule has 0 aliphatic rings. The summed E-state index contributed by atoms with van der Waals surface area (Å²) in [5, 5.41) is 12.1. The number of amides is 1. The predicted octanol–water partition coefficient (Wildman–Crippen LogP) is 4.73. The number of esters is 1. The second-order valence-corrected chi connectivity index (χ2v) is 10.3. The van der Waals surface area contributed by atoms with Crippen molar-refractivity contribution in [2.24, 2.45) is 5.92 Å². The first kappa shape index (κ1) is 28.0. The Morgan fingerprint density at radius 3 is 1.97 bits per heavy atom. The molecular weight excluding hydrogens is 486 g/mol. The van der Waals surface area contributed by atoms with Crippen molar-refractivity contribution < 1.29 is 24.2 Å². The van der Waals surface area contributed by atoms with Crippen molar-refractivity contribution in [1.82, 2.24) is 5.32 Å². The lowest BCUT2D eigenvalue weighted by molar-refractivity contribution is -0.145. The van der Waals surface area contributed by atoms with E-state index in [0.717, 1.165) is 23.1 Å². The van der Waals surface area contributed by atoms with Crippen molar-refractivity contribution in [3.8, 4) is 5.75 Å². The molecule has 0 fully saturated rings. The molecule has 3 aromatic rings. The summed E-state index contributed by atoms with van der Waals surface area (Å²) in [7, 11) is 1.29. The van der Waals surface area contributed by atoms with Crippen molar-refractivity contribution >= 4 is 28.8 Å². The van der Waals surface area contributed by atoms with Gasteiger partial charge in [0.25, 0.3) is 0 Å². The normalized spacial score (nSPS) is 13.2. The van der Waals surface area contributed by atoms with E-state index in [2.05, 4.69) is 5.32 Å². The van der Waals surface area contributed by atoms with Crippen molar-refractivity contribution in [1.29, 1.82) is 0 Å². The van der Waals surface area contributed by atoms with Crippen LogP contribution in [0.15, 0.2) is 84.9 Å². The van der Waals surface area contributed by atoms with Crippen molar-refractivity contribution in [2.75, 3.05) is 7.11 Å². The second-order valence-electron chi connectivity index (χ2n) is 8.92. The van der Waals surface area contributed by atoms with Gasteiger partial charge < -0.3 is 15.2 Å². The lowest BCUT2D eigenvalue weighted by Crippen LogP contribution is -2.48. The van der Waals surface area contributed by atoms with Crippen molar-refractivity contribution in [3.05, 3.63) is 102 Å². The Hall–Kier alpha value is -3.58. The minimum absolute atomic E-state index is 0.0578. The highest BCUT2D eigenvalue weighted by atomic mass is 32.2. The van der Waals surface area contributed by atoms with Gasteiger partial charge in [-0.25, -0.2) is 4.79 Å². The summed E-state index contributed by atoms with van der Waals surface area (Å²) in [5.41, 5.74) is 2.88. The number of aryl methyl sites for hydroxylation is 1. The largest absolute Gasteiger partial charge is 0.508 e. The van der Waals surface area contributed by atoms with Crippen LogP contribution in [0.4, 0.5) is 0 Å². The molecule has 0 saturated carbocycles. The van der Waals surface area contributed by atoms with Gasteiger partial charge in [-0.15, -0.1) is 0 Å². The topological polar surface area (TPSA) is 92.7 Å². The first-order valence-electron chi connectivity index (χ1n) is 12.3. The molecule has 194 valence electrons. The molecule has 3 aromatic carbocycles. The van der Waals surface area contributed by atoms with E-state index in [1.54, 1.807) is 12.1 Å². The Morgan fingerprint density at radius 2 is 1.41 bits per heavy atom. The van der Waals surface area contributed by atoms with Crippen LogP contribution in [0.3, 0.4) is 0 Å². The van der Waals surface area contributed by atoms with Gasteiger partial charge in [-0.1, -0.05) is 84.6 Å². The lowest BCUT2D eigenvalue weighted by Gasteiger charge is -2.27. The van der Waals surface area contributed by atoms with Gasteiger partial charge in [0.15, 0.2) is 5.12 Å². The maximum Gasteiger partial charge on any atom is 0.328 e. The number of ether oxygens (including phenoxy) is 1. The minimum atomic E-state index is -0.905. The van der Waals surface area contributed by atoms with Gasteiger partial charge in [0.2, 0.25) is 5.91 Å². The number of methoxy groups -OCH3 is 1. The summed E-state index contributed by atoms with van der Waals surface area (Å²) >= 11 is 1.18. The van der Waals surface area contributed by atoms with Crippen molar-refractivity contribution in [3.63, 3.8) is 0 Å². The third kappa shape index (κ3) is 9.10. The molecule has 0 aliphatic heterocycles. The predicted molar refractivity (Wildman–Crippen MR) is 146 cm³/mol. The van der Waals surface area contributed by atoms with E-state index >= 15 is 0 Å². The molecule has 3 rings (SSSR count). The Balaban J connectivity index is 1.86. The summed E-state index contributed by atoms with van der Waals surface area (Å²) < 4.78 is 4.98. The maximum atomic E-state index is 13.8. The third-order valence-corrected chi connectivity index (χ3v) is 7.34. The molecule has 6 nitrogen and oxygen atoms in total. The van der Waals surface area contributed by atoms with Crippen LogP contribution in [0.1, 0.15) is 30.0 Å². The monoisotopic (exact) mass is 519 g/mol. The fourth-order valence-electron chi connectivity index (χ4n) is 4.25. The highest BCUT2D eigenvalue weighted by molar-refractivity contribution is 8.14. The van der Waals surface area contributed by atoms with Crippen LogP contribution in [0.25, 0.3) is 0 Å². The van der Waals surface area contributed by atoms with Crippen LogP contribution >= 0.6 is 11.8 Å². The molecule has 0 spiro atoms. The minimum Gasteiger partial charge on any atom is -0.508 e. The molecule has 2 unspecified atom stereocenters. The number of hydrogen-bond donors (Lipinski definition) is 2. The first-order valence-corrected chi connectivity index (χ1v) is 13.1. The van der Waals surface area contributed by atoms with Crippen LogP contribution in [-0.2, 0) is 38.4 Å². The zero-order valence-corrected chi connectivity index (χ0v) is 21.9. The fourth-order valence-corrected chi connectivity index (χ4v) is 5.30. The number of carbonyl (C=O) groups is 3. The molecule has 7 heteroatoms. The first-order chi connectivity index (χ1) is 17.9. The third-order valence-electron chi connectivity index (χ3n) is 6.14. The van der Waals surface area contributed by atoms with E-state index in [1.807, 2.05) is 60.7 Å². The van der Waals surface area contributed by atoms with Gasteiger partial charge >= 0.3 is 5.97 Å². The van der Waals surface area contributed by atoms with E-state index in [-0.39, 0.29) is 28.4 Å². The van der Waals surface area contributed by atoms with Crippen LogP contribution in [0.5, 0.6) is 5.75 Å². The van der Waals surface area contributed by atoms with E-state index in [0.29, 0.717) is 12.8 Å². The average Bonchev–Trinajstić information content (AvgIpc) is 2.91.